The number of nitrogens with one attached hydrogen (secondary N) is 1. The second-order valence-corrected chi connectivity index (χ2v) is 4.69. The third-order valence-corrected chi connectivity index (χ3v) is 2.83. The van der Waals surface area contributed by atoms with Gasteiger partial charge in [-0.05, 0) is 18.9 Å². The second kappa shape index (κ2) is 9.55. The number of hydrogen-bond acceptors (Lipinski definition) is 5. The van der Waals surface area contributed by atoms with Crippen molar-refractivity contribution in [3.8, 4) is 0 Å². The standard InChI is InChI=1S/C16H21NO5/c1-3-21-15(19)10-9-14(17-12(2)18)16(20)22-11-13-7-5-4-6-8-13/h4-8,14H,3,9-11H2,1-2H3,(H,17,18). The molecule has 0 aliphatic carbocycles. The average Bonchev–Trinajstić information content (AvgIpc) is 2.50. The van der Waals surface area contributed by atoms with Gasteiger partial charge < -0.3 is 14.8 Å². The molecule has 1 aromatic carbocycles. The smallest absolute Gasteiger partial charge is 0.328 e. The van der Waals surface area contributed by atoms with Gasteiger partial charge in [0.1, 0.15) is 12.6 Å². The number of benzene rings is 1. The van der Waals surface area contributed by atoms with Crippen molar-refractivity contribution in [3.05, 3.63) is 35.9 Å². The molecule has 22 heavy (non-hydrogen) atoms. The van der Waals surface area contributed by atoms with Crippen molar-refractivity contribution >= 4 is 17.8 Å². The maximum absolute atomic E-state index is 12.0. The first kappa shape index (κ1) is 17.7. The fourth-order valence-corrected chi connectivity index (χ4v) is 1.82. The number of rotatable bonds is 8. The van der Waals surface area contributed by atoms with E-state index in [2.05, 4.69) is 5.32 Å². The first-order chi connectivity index (χ1) is 10.5. The molecule has 120 valence electrons. The van der Waals surface area contributed by atoms with Crippen molar-refractivity contribution in [2.24, 2.45) is 0 Å². The molecule has 0 fully saturated rings. The van der Waals surface area contributed by atoms with E-state index in [4.69, 9.17) is 9.47 Å². The van der Waals surface area contributed by atoms with Crippen LogP contribution < -0.4 is 5.32 Å². The van der Waals surface area contributed by atoms with E-state index in [-0.39, 0.29) is 32.0 Å². The van der Waals surface area contributed by atoms with Gasteiger partial charge in [-0.3, -0.25) is 9.59 Å². The summed E-state index contributed by atoms with van der Waals surface area (Å²) in [5.41, 5.74) is 0.850. The molecule has 6 nitrogen and oxygen atoms in total. The Hall–Kier alpha value is -2.37. The molecule has 6 heteroatoms. The van der Waals surface area contributed by atoms with Crippen LogP contribution in [0, 0.1) is 0 Å². The molecule has 0 heterocycles. The van der Waals surface area contributed by atoms with Gasteiger partial charge in [-0.1, -0.05) is 30.3 Å². The van der Waals surface area contributed by atoms with E-state index in [0.717, 1.165) is 5.56 Å². The van der Waals surface area contributed by atoms with E-state index in [1.54, 1.807) is 6.92 Å². The van der Waals surface area contributed by atoms with Crippen LogP contribution in [0.3, 0.4) is 0 Å². The molecule has 1 unspecified atom stereocenters. The van der Waals surface area contributed by atoms with Gasteiger partial charge in [0, 0.05) is 13.3 Å². The normalized spacial score (nSPS) is 11.4. The largest absolute Gasteiger partial charge is 0.466 e. The van der Waals surface area contributed by atoms with Crippen molar-refractivity contribution in [1.29, 1.82) is 0 Å². The van der Waals surface area contributed by atoms with Gasteiger partial charge in [0.25, 0.3) is 0 Å². The second-order valence-electron chi connectivity index (χ2n) is 4.69. The molecule has 0 aliphatic rings. The number of hydrogen-bond donors (Lipinski definition) is 1. The van der Waals surface area contributed by atoms with Gasteiger partial charge in [-0.2, -0.15) is 0 Å². The fourth-order valence-electron chi connectivity index (χ4n) is 1.82. The minimum absolute atomic E-state index is 0.0409. The Morgan fingerprint density at radius 2 is 1.82 bits per heavy atom. The van der Waals surface area contributed by atoms with Gasteiger partial charge in [0.05, 0.1) is 6.61 Å². The number of amides is 1. The minimum atomic E-state index is -0.856. The lowest BCUT2D eigenvalue weighted by atomic mass is 10.1. The Morgan fingerprint density at radius 3 is 2.41 bits per heavy atom. The third kappa shape index (κ3) is 6.88. The van der Waals surface area contributed by atoms with E-state index >= 15 is 0 Å². The first-order valence-corrected chi connectivity index (χ1v) is 7.16. The van der Waals surface area contributed by atoms with Crippen LogP contribution in [0.15, 0.2) is 30.3 Å². The summed E-state index contributed by atoms with van der Waals surface area (Å²) in [6, 6.07) is 8.36. The quantitative estimate of drug-likeness (QED) is 0.737. The predicted molar refractivity (Wildman–Crippen MR) is 79.7 cm³/mol. The maximum Gasteiger partial charge on any atom is 0.328 e. The zero-order chi connectivity index (χ0) is 16.4. The molecule has 0 aliphatic heterocycles. The van der Waals surface area contributed by atoms with Crippen molar-refractivity contribution in [2.45, 2.75) is 39.3 Å². The number of carbonyl (C=O) groups excluding carboxylic acids is 3. The summed E-state index contributed by atoms with van der Waals surface area (Å²) in [6.45, 7) is 3.41. The monoisotopic (exact) mass is 307 g/mol. The van der Waals surface area contributed by atoms with Crippen molar-refractivity contribution in [3.63, 3.8) is 0 Å². The van der Waals surface area contributed by atoms with Crippen LogP contribution in [-0.4, -0.2) is 30.5 Å². The van der Waals surface area contributed by atoms with Crippen LogP contribution in [0.2, 0.25) is 0 Å². The SMILES string of the molecule is CCOC(=O)CCC(NC(C)=O)C(=O)OCc1ccccc1. The number of esters is 2. The molecule has 0 aromatic heterocycles. The van der Waals surface area contributed by atoms with Gasteiger partial charge in [-0.15, -0.1) is 0 Å². The van der Waals surface area contributed by atoms with Gasteiger partial charge in [-0.25, -0.2) is 4.79 Å². The molecule has 0 bridgehead atoms. The summed E-state index contributed by atoms with van der Waals surface area (Å²) in [4.78, 5) is 34.5. The van der Waals surface area contributed by atoms with Gasteiger partial charge in [0.15, 0.2) is 0 Å². The lowest BCUT2D eigenvalue weighted by Gasteiger charge is -2.16. The zero-order valence-corrected chi connectivity index (χ0v) is 12.8. The van der Waals surface area contributed by atoms with E-state index < -0.39 is 18.0 Å². The molecule has 0 spiro atoms. The Balaban J connectivity index is 2.52. The summed E-state index contributed by atoms with van der Waals surface area (Å²) in [5.74, 6) is -1.33. The topological polar surface area (TPSA) is 81.7 Å². The highest BCUT2D eigenvalue weighted by Crippen LogP contribution is 2.06. The predicted octanol–water partition coefficient (Wildman–Crippen LogP) is 1.58. The van der Waals surface area contributed by atoms with Crippen molar-refractivity contribution in [1.82, 2.24) is 5.32 Å². The van der Waals surface area contributed by atoms with E-state index in [1.165, 1.54) is 6.92 Å². The molecule has 1 aromatic rings. The molecule has 1 atom stereocenters. The molecule has 1 amide bonds. The molecule has 1 N–H and O–H groups in total. The summed E-state index contributed by atoms with van der Waals surface area (Å²) < 4.78 is 9.98. The van der Waals surface area contributed by atoms with Crippen LogP contribution in [0.4, 0.5) is 0 Å². The van der Waals surface area contributed by atoms with Gasteiger partial charge in [0.2, 0.25) is 5.91 Å². The van der Waals surface area contributed by atoms with Crippen LogP contribution in [0.5, 0.6) is 0 Å². The lowest BCUT2D eigenvalue weighted by molar-refractivity contribution is -0.150. The molecule has 0 radical (unpaired) electrons. The van der Waals surface area contributed by atoms with Gasteiger partial charge >= 0.3 is 11.9 Å². The van der Waals surface area contributed by atoms with Crippen molar-refractivity contribution in [2.75, 3.05) is 6.61 Å². The lowest BCUT2D eigenvalue weighted by Crippen LogP contribution is -2.41. The third-order valence-electron chi connectivity index (χ3n) is 2.83. The molecule has 0 saturated heterocycles. The Labute approximate surface area is 129 Å². The molecular weight excluding hydrogens is 286 g/mol. The minimum Gasteiger partial charge on any atom is -0.466 e. The van der Waals surface area contributed by atoms with Crippen LogP contribution in [0.25, 0.3) is 0 Å². The summed E-state index contributed by atoms with van der Waals surface area (Å²) >= 11 is 0. The highest BCUT2D eigenvalue weighted by Gasteiger charge is 2.22. The Morgan fingerprint density at radius 1 is 1.14 bits per heavy atom. The summed E-state index contributed by atoms with van der Waals surface area (Å²) in [5, 5.41) is 2.49. The first-order valence-electron chi connectivity index (χ1n) is 7.16. The molecular formula is C16H21NO5. The highest BCUT2D eigenvalue weighted by atomic mass is 16.5. The van der Waals surface area contributed by atoms with E-state index in [0.29, 0.717) is 0 Å². The van der Waals surface area contributed by atoms with Crippen LogP contribution in [-0.2, 0) is 30.5 Å². The zero-order valence-electron chi connectivity index (χ0n) is 12.8. The Kier molecular flexibility index (Phi) is 7.67. The molecule has 1 rings (SSSR count). The van der Waals surface area contributed by atoms with Crippen LogP contribution in [0.1, 0.15) is 32.3 Å². The fraction of sp³-hybridized carbons (Fsp3) is 0.438. The number of ether oxygens (including phenoxy) is 2. The number of carbonyl (C=O) groups is 3. The summed E-state index contributed by atoms with van der Waals surface area (Å²) in [6.07, 6.45) is 0.186. The van der Waals surface area contributed by atoms with E-state index in [9.17, 15) is 14.4 Å². The summed E-state index contributed by atoms with van der Waals surface area (Å²) in [7, 11) is 0. The van der Waals surface area contributed by atoms with Crippen molar-refractivity contribution < 1.29 is 23.9 Å². The van der Waals surface area contributed by atoms with E-state index in [1.807, 2.05) is 30.3 Å². The van der Waals surface area contributed by atoms with Crippen LogP contribution >= 0.6 is 0 Å². The maximum atomic E-state index is 12.0. The highest BCUT2D eigenvalue weighted by molar-refractivity contribution is 5.83. The Bertz CT molecular complexity index is 501. The average molecular weight is 307 g/mol. The molecule has 0 saturated carbocycles.